The van der Waals surface area contributed by atoms with E-state index in [1.54, 1.807) is 64.5 Å². The fraction of sp³-hybridized carbons (Fsp3) is 0.333. The number of aromatic nitrogens is 4. The first kappa shape index (κ1) is 35.8. The number of nitrogens with zero attached hydrogens (tertiary/aromatic N) is 5. The SMILES string of the molecule is CC(C)(C)OC(=O)N1c2ncccc2C[C@@H]1C(=O)O.CNC(=O)[C@H]1Cc2cccnc2N1C(=O)NC.COC(=O)c1cc2cccnc2[nH]1. The molecule has 4 amide bonds. The number of carboxylic acids is 1. The fourth-order valence-corrected chi connectivity index (χ4v) is 5.14. The van der Waals surface area contributed by atoms with Crippen molar-refractivity contribution >= 4 is 52.6 Å². The van der Waals surface area contributed by atoms with Crippen LogP contribution in [0.25, 0.3) is 11.0 Å². The third-order valence-electron chi connectivity index (χ3n) is 7.30. The number of pyridine rings is 3. The minimum atomic E-state index is -1.07. The van der Waals surface area contributed by atoms with Crippen LogP contribution in [-0.4, -0.2) is 93.9 Å². The van der Waals surface area contributed by atoms with Gasteiger partial charge in [-0.05, 0) is 62.2 Å². The van der Waals surface area contributed by atoms with Crippen molar-refractivity contribution in [1.29, 1.82) is 0 Å². The lowest BCUT2D eigenvalue weighted by atomic mass is 10.1. The van der Waals surface area contributed by atoms with Gasteiger partial charge in [0.25, 0.3) is 0 Å². The van der Waals surface area contributed by atoms with Crippen molar-refractivity contribution in [3.05, 3.63) is 77.9 Å². The van der Waals surface area contributed by atoms with E-state index in [0.717, 1.165) is 21.4 Å². The number of aliphatic carboxylic acids is 1. The van der Waals surface area contributed by atoms with Crippen molar-refractivity contribution < 1.29 is 38.6 Å². The van der Waals surface area contributed by atoms with E-state index in [-0.39, 0.29) is 24.3 Å². The molecule has 4 N–H and O–H groups in total. The number of fused-ring (bicyclic) bond motifs is 3. The van der Waals surface area contributed by atoms with E-state index in [9.17, 15) is 29.1 Å². The summed E-state index contributed by atoms with van der Waals surface area (Å²) < 4.78 is 9.81. The van der Waals surface area contributed by atoms with Crippen molar-refractivity contribution in [2.45, 2.75) is 51.3 Å². The summed E-state index contributed by atoms with van der Waals surface area (Å²) in [6, 6.07) is 10.8. The summed E-state index contributed by atoms with van der Waals surface area (Å²) in [5.41, 5.74) is 2.09. The normalized spacial score (nSPS) is 15.8. The topological polar surface area (TPSA) is 209 Å². The van der Waals surface area contributed by atoms with Crippen molar-refractivity contribution in [2.75, 3.05) is 31.0 Å². The zero-order chi connectivity index (χ0) is 35.9. The standard InChI is InChI=1S/C13H16N2O4.C11H14N4O2.C9H8N2O2/c1-13(2,3)19-12(18)15-9(11(16)17)7-8-5-4-6-14-10(8)15;1-12-10(16)8-6-7-4-3-5-14-9(7)15(8)11(17)13-2;1-13-9(12)7-5-6-3-2-4-10-8(6)11-7/h4-6,9H,7H2,1-3H3,(H,16,17);3-5,8H,6H2,1-2H3,(H,12,16)(H,13,17);2-5H,1H3,(H,10,11)/t9-;8-;/m11./s1. The molecule has 16 heteroatoms. The number of nitrogens with one attached hydrogen (secondary N) is 3. The average molecular weight is 675 g/mol. The van der Waals surface area contributed by atoms with Crippen LogP contribution in [0, 0.1) is 0 Å². The Hall–Kier alpha value is -6.06. The second-order valence-corrected chi connectivity index (χ2v) is 11.8. The third-order valence-corrected chi connectivity index (χ3v) is 7.30. The second kappa shape index (κ2) is 15.2. The summed E-state index contributed by atoms with van der Waals surface area (Å²) in [4.78, 5) is 75.7. The molecule has 16 nitrogen and oxygen atoms in total. The van der Waals surface area contributed by atoms with Crippen molar-refractivity contribution in [1.82, 2.24) is 30.6 Å². The molecule has 2 atom stereocenters. The van der Waals surface area contributed by atoms with Gasteiger partial charge in [-0.25, -0.2) is 39.0 Å². The number of likely N-dealkylation sites (N-methyl/N-ethyl adjacent to an activating group) is 1. The Morgan fingerprint density at radius 2 is 1.43 bits per heavy atom. The molecule has 0 radical (unpaired) electrons. The van der Waals surface area contributed by atoms with Gasteiger partial charge in [-0.1, -0.05) is 12.1 Å². The quantitative estimate of drug-likeness (QED) is 0.232. The van der Waals surface area contributed by atoms with E-state index in [1.165, 1.54) is 25.3 Å². The van der Waals surface area contributed by atoms with Crippen molar-refractivity contribution in [2.24, 2.45) is 0 Å². The van der Waals surface area contributed by atoms with Gasteiger partial charge < -0.3 is 30.2 Å². The number of rotatable bonds is 3. The number of hydrogen-bond donors (Lipinski definition) is 4. The van der Waals surface area contributed by atoms with Gasteiger partial charge in [-0.15, -0.1) is 0 Å². The van der Waals surface area contributed by atoms with Gasteiger partial charge in [0.05, 0.1) is 7.11 Å². The molecular formula is C33H38N8O8. The first-order chi connectivity index (χ1) is 23.3. The number of esters is 1. The third kappa shape index (κ3) is 8.27. The largest absolute Gasteiger partial charge is 0.480 e. The van der Waals surface area contributed by atoms with Gasteiger partial charge in [0.2, 0.25) is 5.91 Å². The highest BCUT2D eigenvalue weighted by molar-refractivity contribution is 6.01. The molecule has 2 aliphatic rings. The van der Waals surface area contributed by atoms with E-state index < -0.39 is 29.7 Å². The van der Waals surface area contributed by atoms with Gasteiger partial charge >= 0.3 is 24.1 Å². The molecular weight excluding hydrogens is 636 g/mol. The lowest BCUT2D eigenvalue weighted by Crippen LogP contribution is -2.50. The van der Waals surface area contributed by atoms with Crippen LogP contribution >= 0.6 is 0 Å². The number of carbonyl (C=O) groups excluding carboxylic acids is 4. The van der Waals surface area contributed by atoms with Gasteiger partial charge in [0.15, 0.2) is 0 Å². The second-order valence-electron chi connectivity index (χ2n) is 11.8. The summed E-state index contributed by atoms with van der Waals surface area (Å²) in [7, 11) is 4.44. The number of amides is 4. The number of carboxylic acid groups (broad SMARTS) is 1. The maximum atomic E-state index is 12.1. The number of aromatic amines is 1. The van der Waals surface area contributed by atoms with E-state index in [0.29, 0.717) is 29.4 Å². The lowest BCUT2D eigenvalue weighted by Gasteiger charge is -2.26. The molecule has 4 aromatic rings. The Balaban J connectivity index is 0.000000168. The summed E-state index contributed by atoms with van der Waals surface area (Å²) in [6.07, 6.45) is 4.87. The number of urea groups is 1. The summed E-state index contributed by atoms with van der Waals surface area (Å²) in [6.45, 7) is 5.20. The molecule has 0 saturated heterocycles. The molecule has 6 heterocycles. The highest BCUT2D eigenvalue weighted by atomic mass is 16.6. The van der Waals surface area contributed by atoms with Gasteiger partial charge in [-0.3, -0.25) is 9.69 Å². The van der Waals surface area contributed by atoms with Crippen LogP contribution in [0.2, 0.25) is 0 Å². The molecule has 49 heavy (non-hydrogen) atoms. The minimum Gasteiger partial charge on any atom is -0.480 e. The minimum absolute atomic E-state index is 0.188. The van der Waals surface area contributed by atoms with Crippen LogP contribution in [-0.2, 0) is 31.9 Å². The van der Waals surface area contributed by atoms with Crippen LogP contribution < -0.4 is 20.4 Å². The number of methoxy groups -OCH3 is 1. The Kier molecular flexibility index (Phi) is 11.1. The highest BCUT2D eigenvalue weighted by Gasteiger charge is 2.42. The Labute approximate surface area is 281 Å². The molecule has 4 aromatic heterocycles. The van der Waals surface area contributed by atoms with Crippen LogP contribution in [0.1, 0.15) is 42.4 Å². The molecule has 0 aliphatic carbocycles. The summed E-state index contributed by atoms with van der Waals surface area (Å²) >= 11 is 0. The molecule has 0 spiro atoms. The maximum Gasteiger partial charge on any atom is 0.416 e. The molecule has 6 rings (SSSR count). The smallest absolute Gasteiger partial charge is 0.416 e. The van der Waals surface area contributed by atoms with Crippen molar-refractivity contribution in [3.8, 4) is 0 Å². The van der Waals surface area contributed by atoms with Crippen LogP contribution in [0.4, 0.5) is 21.2 Å². The number of anilines is 2. The predicted molar refractivity (Wildman–Crippen MR) is 178 cm³/mol. The monoisotopic (exact) mass is 674 g/mol. The molecule has 0 unspecified atom stereocenters. The van der Waals surface area contributed by atoms with Crippen LogP contribution in [0.5, 0.6) is 0 Å². The van der Waals surface area contributed by atoms with Crippen LogP contribution in [0.15, 0.2) is 61.1 Å². The summed E-state index contributed by atoms with van der Waals surface area (Å²) in [5.74, 6) is -0.710. The molecule has 258 valence electrons. The zero-order valence-corrected chi connectivity index (χ0v) is 27.9. The van der Waals surface area contributed by atoms with Gasteiger partial charge in [0.1, 0.15) is 40.7 Å². The van der Waals surface area contributed by atoms with Crippen molar-refractivity contribution in [3.63, 3.8) is 0 Å². The maximum absolute atomic E-state index is 12.1. The zero-order valence-electron chi connectivity index (χ0n) is 27.9. The number of ether oxygens (including phenoxy) is 2. The lowest BCUT2D eigenvalue weighted by molar-refractivity contribution is -0.138. The number of carbonyl (C=O) groups is 5. The van der Waals surface area contributed by atoms with E-state index in [1.807, 2.05) is 18.2 Å². The van der Waals surface area contributed by atoms with E-state index >= 15 is 0 Å². The van der Waals surface area contributed by atoms with E-state index in [2.05, 4.69) is 35.3 Å². The molecule has 0 aromatic carbocycles. The Morgan fingerprint density at radius 1 is 0.857 bits per heavy atom. The fourth-order valence-electron chi connectivity index (χ4n) is 5.14. The first-order valence-corrected chi connectivity index (χ1v) is 15.2. The van der Waals surface area contributed by atoms with Gasteiger partial charge in [-0.2, -0.15) is 0 Å². The first-order valence-electron chi connectivity index (χ1n) is 15.2. The van der Waals surface area contributed by atoms with Crippen LogP contribution in [0.3, 0.4) is 0 Å². The molecule has 0 saturated carbocycles. The number of hydrogen-bond acceptors (Lipinski definition) is 10. The highest BCUT2D eigenvalue weighted by Crippen LogP contribution is 2.32. The van der Waals surface area contributed by atoms with Gasteiger partial charge in [0, 0.05) is 50.9 Å². The Morgan fingerprint density at radius 3 is 1.96 bits per heavy atom. The Bertz CT molecular complexity index is 1820. The van der Waals surface area contributed by atoms with E-state index in [4.69, 9.17) is 4.74 Å². The summed E-state index contributed by atoms with van der Waals surface area (Å²) in [5, 5.41) is 15.2. The molecule has 0 bridgehead atoms. The number of H-pyrrole nitrogens is 1. The molecule has 0 fully saturated rings. The predicted octanol–water partition coefficient (Wildman–Crippen LogP) is 3.08. The molecule has 2 aliphatic heterocycles. The average Bonchev–Trinajstić information content (AvgIpc) is 3.80.